The van der Waals surface area contributed by atoms with Crippen molar-refractivity contribution in [2.45, 2.75) is 44.2 Å². The number of ether oxygens (including phenoxy) is 2. The van der Waals surface area contributed by atoms with Crippen molar-refractivity contribution in [3.8, 4) is 22.6 Å². The molecule has 1 saturated carbocycles. The highest BCUT2D eigenvalue weighted by molar-refractivity contribution is 6.41. The van der Waals surface area contributed by atoms with Crippen molar-refractivity contribution in [2.24, 2.45) is 5.73 Å². The lowest BCUT2D eigenvalue weighted by molar-refractivity contribution is 0.395. The summed E-state index contributed by atoms with van der Waals surface area (Å²) in [5.74, 6) is 1.59. The van der Waals surface area contributed by atoms with Gasteiger partial charge in [0.05, 0.1) is 29.8 Å². The molecule has 1 heterocycles. The van der Waals surface area contributed by atoms with Crippen LogP contribution in [0, 0.1) is 0 Å². The Morgan fingerprint density at radius 1 is 1.00 bits per heavy atom. The van der Waals surface area contributed by atoms with Crippen molar-refractivity contribution in [3.63, 3.8) is 0 Å². The summed E-state index contributed by atoms with van der Waals surface area (Å²) in [6, 6.07) is 7.82. The molecule has 1 aromatic heterocycles. The predicted octanol–water partition coefficient (Wildman–Crippen LogP) is 5.69. The number of fused-ring (bicyclic) bond motifs is 1. The minimum atomic E-state index is 0.122. The second kappa shape index (κ2) is 9.47. The molecule has 0 radical (unpaired) electrons. The zero-order valence-electron chi connectivity index (χ0n) is 17.6. The van der Waals surface area contributed by atoms with Crippen LogP contribution in [-0.2, 0) is 0 Å². The molecule has 0 spiro atoms. The summed E-state index contributed by atoms with van der Waals surface area (Å²) in [6.45, 7) is 0. The Bertz CT molecular complexity index is 1060. The van der Waals surface area contributed by atoms with Crippen LogP contribution >= 0.6 is 23.2 Å². The third kappa shape index (κ3) is 4.52. The third-order valence-electron chi connectivity index (χ3n) is 5.83. The van der Waals surface area contributed by atoms with E-state index in [4.69, 9.17) is 38.4 Å². The molecule has 1 unspecified atom stereocenters. The summed E-state index contributed by atoms with van der Waals surface area (Å²) in [7, 11) is 3.11. The SMILES string of the molecule is COc1cc(OC)c(Cl)c(-c2ccc3nc(NC4CCCCC[C@@H]4N)ncc3c2)c1Cl. The smallest absolute Gasteiger partial charge is 0.223 e. The summed E-state index contributed by atoms with van der Waals surface area (Å²) in [5, 5.41) is 5.16. The summed E-state index contributed by atoms with van der Waals surface area (Å²) in [6.07, 6.45) is 7.45. The van der Waals surface area contributed by atoms with Gasteiger partial charge in [0.15, 0.2) is 0 Å². The van der Waals surface area contributed by atoms with Gasteiger partial charge in [-0.3, -0.25) is 0 Å². The fourth-order valence-corrected chi connectivity index (χ4v) is 4.80. The van der Waals surface area contributed by atoms with E-state index in [0.29, 0.717) is 33.1 Å². The number of halogens is 2. The standard InChI is InChI=1S/C23H26Cl2N4O2/c1-30-18-11-19(31-2)22(25)20(21(18)24)13-8-9-16-14(10-13)12-27-23(28-16)29-17-7-5-3-4-6-15(17)26/h8-12,15,17H,3-7,26H2,1-2H3,(H,27,28,29)/t15-,17?/m0/s1. The van der Waals surface area contributed by atoms with Gasteiger partial charge in [-0.2, -0.15) is 0 Å². The van der Waals surface area contributed by atoms with Gasteiger partial charge < -0.3 is 20.5 Å². The van der Waals surface area contributed by atoms with Crippen LogP contribution in [-0.4, -0.2) is 36.3 Å². The van der Waals surface area contributed by atoms with E-state index in [0.717, 1.165) is 29.3 Å². The molecule has 4 rings (SSSR count). The molecule has 3 aromatic rings. The van der Waals surface area contributed by atoms with Gasteiger partial charge >= 0.3 is 0 Å². The summed E-state index contributed by atoms with van der Waals surface area (Å²) in [4.78, 5) is 9.21. The molecule has 0 saturated heterocycles. The summed E-state index contributed by atoms with van der Waals surface area (Å²) < 4.78 is 10.8. The number of methoxy groups -OCH3 is 2. The van der Waals surface area contributed by atoms with Gasteiger partial charge in [-0.05, 0) is 30.5 Å². The molecule has 8 heteroatoms. The fourth-order valence-electron chi connectivity index (χ4n) is 4.08. The molecule has 6 nitrogen and oxygen atoms in total. The number of rotatable bonds is 5. The number of nitrogens with zero attached hydrogens (tertiary/aromatic N) is 2. The monoisotopic (exact) mass is 460 g/mol. The lowest BCUT2D eigenvalue weighted by Gasteiger charge is -2.22. The van der Waals surface area contributed by atoms with Crippen LogP contribution in [0.5, 0.6) is 11.5 Å². The minimum absolute atomic E-state index is 0.122. The van der Waals surface area contributed by atoms with Gasteiger partial charge in [0.1, 0.15) is 11.5 Å². The Labute approximate surface area is 192 Å². The molecule has 1 aliphatic rings. The second-order valence-electron chi connectivity index (χ2n) is 7.80. The lowest BCUT2D eigenvalue weighted by Crippen LogP contribution is -2.39. The van der Waals surface area contributed by atoms with E-state index >= 15 is 0 Å². The maximum absolute atomic E-state index is 6.57. The van der Waals surface area contributed by atoms with E-state index < -0.39 is 0 Å². The van der Waals surface area contributed by atoms with Gasteiger partial charge in [0.25, 0.3) is 0 Å². The Hall–Kier alpha value is -2.28. The van der Waals surface area contributed by atoms with Crippen LogP contribution in [0.1, 0.15) is 32.1 Å². The van der Waals surface area contributed by atoms with Crippen LogP contribution in [0.3, 0.4) is 0 Å². The van der Waals surface area contributed by atoms with Crippen molar-refractivity contribution in [1.82, 2.24) is 9.97 Å². The molecule has 1 fully saturated rings. The number of benzene rings is 2. The third-order valence-corrected chi connectivity index (χ3v) is 6.58. The number of nitrogens with two attached hydrogens (primary N) is 1. The zero-order chi connectivity index (χ0) is 22.0. The fraction of sp³-hybridized carbons (Fsp3) is 0.391. The lowest BCUT2D eigenvalue weighted by atomic mass is 10.0. The summed E-state index contributed by atoms with van der Waals surface area (Å²) in [5.41, 5.74) is 8.64. The van der Waals surface area contributed by atoms with Crippen molar-refractivity contribution in [3.05, 3.63) is 40.5 Å². The largest absolute Gasteiger partial charge is 0.495 e. The van der Waals surface area contributed by atoms with Crippen LogP contribution in [0.4, 0.5) is 5.95 Å². The predicted molar refractivity (Wildman–Crippen MR) is 127 cm³/mol. The highest BCUT2D eigenvalue weighted by Gasteiger charge is 2.22. The van der Waals surface area contributed by atoms with E-state index in [1.807, 2.05) is 18.2 Å². The van der Waals surface area contributed by atoms with E-state index in [2.05, 4.69) is 15.3 Å². The van der Waals surface area contributed by atoms with Crippen LogP contribution in [0.2, 0.25) is 10.0 Å². The van der Waals surface area contributed by atoms with Crippen LogP contribution in [0.25, 0.3) is 22.0 Å². The Balaban J connectivity index is 1.68. The number of hydrogen-bond acceptors (Lipinski definition) is 6. The van der Waals surface area contributed by atoms with Crippen LogP contribution in [0.15, 0.2) is 30.5 Å². The molecule has 0 amide bonds. The molecule has 2 atom stereocenters. The number of hydrogen-bond donors (Lipinski definition) is 2. The Morgan fingerprint density at radius 2 is 1.71 bits per heavy atom. The second-order valence-corrected chi connectivity index (χ2v) is 8.56. The zero-order valence-corrected chi connectivity index (χ0v) is 19.1. The first-order valence-corrected chi connectivity index (χ1v) is 11.2. The average molecular weight is 461 g/mol. The molecular formula is C23H26Cl2N4O2. The molecule has 0 aliphatic heterocycles. The molecule has 3 N–H and O–H groups in total. The van der Waals surface area contributed by atoms with E-state index in [-0.39, 0.29) is 12.1 Å². The molecular weight excluding hydrogens is 435 g/mol. The maximum atomic E-state index is 6.57. The minimum Gasteiger partial charge on any atom is -0.495 e. The average Bonchev–Trinajstić information content (AvgIpc) is 2.98. The number of nitrogens with one attached hydrogen (secondary N) is 1. The van der Waals surface area contributed by atoms with Gasteiger partial charge in [0.2, 0.25) is 5.95 Å². The maximum Gasteiger partial charge on any atom is 0.223 e. The topological polar surface area (TPSA) is 82.3 Å². The number of anilines is 1. The van der Waals surface area contributed by atoms with Crippen molar-refractivity contribution < 1.29 is 9.47 Å². The van der Waals surface area contributed by atoms with Crippen molar-refractivity contribution in [2.75, 3.05) is 19.5 Å². The number of aromatic nitrogens is 2. The summed E-state index contributed by atoms with van der Waals surface area (Å²) >= 11 is 13.1. The normalized spacial score (nSPS) is 19.1. The first kappa shape index (κ1) is 21.9. The van der Waals surface area contributed by atoms with E-state index in [1.165, 1.54) is 19.3 Å². The van der Waals surface area contributed by atoms with Crippen LogP contribution < -0.4 is 20.5 Å². The van der Waals surface area contributed by atoms with Gasteiger partial charge in [-0.1, -0.05) is 48.5 Å². The van der Waals surface area contributed by atoms with Gasteiger partial charge in [0, 0.05) is 35.3 Å². The molecule has 2 aromatic carbocycles. The molecule has 31 heavy (non-hydrogen) atoms. The highest BCUT2D eigenvalue weighted by Crippen LogP contribution is 2.46. The molecule has 1 aliphatic carbocycles. The first-order chi connectivity index (χ1) is 15.0. The van der Waals surface area contributed by atoms with Gasteiger partial charge in [-0.25, -0.2) is 9.97 Å². The first-order valence-electron chi connectivity index (χ1n) is 10.4. The van der Waals surface area contributed by atoms with E-state index in [9.17, 15) is 0 Å². The Morgan fingerprint density at radius 3 is 2.42 bits per heavy atom. The highest BCUT2D eigenvalue weighted by atomic mass is 35.5. The van der Waals surface area contributed by atoms with Gasteiger partial charge in [-0.15, -0.1) is 0 Å². The van der Waals surface area contributed by atoms with Crippen molar-refractivity contribution in [1.29, 1.82) is 0 Å². The molecule has 164 valence electrons. The van der Waals surface area contributed by atoms with E-state index in [1.54, 1.807) is 26.5 Å². The van der Waals surface area contributed by atoms with Crippen molar-refractivity contribution >= 4 is 40.1 Å². The quantitative estimate of drug-likeness (QED) is 0.475. The molecule has 0 bridgehead atoms. The Kier molecular flexibility index (Phi) is 6.70.